The van der Waals surface area contributed by atoms with Crippen molar-refractivity contribution in [1.82, 2.24) is 0 Å². The summed E-state index contributed by atoms with van der Waals surface area (Å²) in [7, 11) is 1.52. The molecule has 0 saturated carbocycles. The predicted molar refractivity (Wildman–Crippen MR) is 81.3 cm³/mol. The smallest absolute Gasteiger partial charge is 0.261 e. The van der Waals surface area contributed by atoms with Crippen LogP contribution in [0.25, 0.3) is 0 Å². The molecular formula is C16H18N2O2. The van der Waals surface area contributed by atoms with Crippen LogP contribution < -0.4 is 15.8 Å². The van der Waals surface area contributed by atoms with Gasteiger partial charge in [-0.3, -0.25) is 4.79 Å². The topological polar surface area (TPSA) is 64.3 Å². The number of carbonyl (C=O) groups excluding carboxylic acids is 1. The van der Waals surface area contributed by atoms with Crippen LogP contribution in [0.3, 0.4) is 0 Å². The average Bonchev–Trinajstić information content (AvgIpc) is 2.42. The van der Waals surface area contributed by atoms with Crippen molar-refractivity contribution in [3.05, 3.63) is 53.1 Å². The summed E-state index contributed by atoms with van der Waals surface area (Å²) < 4.78 is 5.19. The summed E-state index contributed by atoms with van der Waals surface area (Å²) in [6.45, 7) is 4.03. The maximum Gasteiger partial charge on any atom is 0.261 e. The van der Waals surface area contributed by atoms with Crippen molar-refractivity contribution < 1.29 is 9.53 Å². The summed E-state index contributed by atoms with van der Waals surface area (Å²) in [5.41, 5.74) is 9.65. The number of ether oxygens (including phenoxy) is 1. The van der Waals surface area contributed by atoms with E-state index in [9.17, 15) is 4.79 Å². The van der Waals surface area contributed by atoms with Gasteiger partial charge in [0.25, 0.3) is 5.91 Å². The van der Waals surface area contributed by atoms with Crippen LogP contribution in [0.1, 0.15) is 21.5 Å². The standard InChI is InChI=1S/C16H18N2O2/c1-10-7-8-12(9-11(10)2)18-16(19)15-13(17)5-4-6-14(15)20-3/h4-9H,17H2,1-3H3,(H,18,19). The molecule has 0 radical (unpaired) electrons. The number of methoxy groups -OCH3 is 1. The quantitative estimate of drug-likeness (QED) is 0.842. The number of hydrogen-bond acceptors (Lipinski definition) is 3. The molecule has 1 amide bonds. The van der Waals surface area contributed by atoms with Gasteiger partial charge in [0.05, 0.1) is 7.11 Å². The van der Waals surface area contributed by atoms with Crippen molar-refractivity contribution >= 4 is 17.3 Å². The van der Waals surface area contributed by atoms with Crippen molar-refractivity contribution in [2.45, 2.75) is 13.8 Å². The van der Waals surface area contributed by atoms with Gasteiger partial charge in [0.2, 0.25) is 0 Å². The highest BCUT2D eigenvalue weighted by atomic mass is 16.5. The molecule has 2 aromatic rings. The maximum atomic E-state index is 12.3. The second-order valence-corrected chi connectivity index (χ2v) is 4.68. The number of nitrogens with one attached hydrogen (secondary N) is 1. The summed E-state index contributed by atoms with van der Waals surface area (Å²) in [6, 6.07) is 10.9. The van der Waals surface area contributed by atoms with E-state index in [0.717, 1.165) is 11.3 Å². The molecule has 0 spiro atoms. The molecule has 0 heterocycles. The lowest BCUT2D eigenvalue weighted by atomic mass is 10.1. The van der Waals surface area contributed by atoms with Crippen molar-refractivity contribution in [2.75, 3.05) is 18.2 Å². The first-order chi connectivity index (χ1) is 9.52. The van der Waals surface area contributed by atoms with E-state index in [1.807, 2.05) is 32.0 Å². The summed E-state index contributed by atoms with van der Waals surface area (Å²) in [4.78, 5) is 12.3. The van der Waals surface area contributed by atoms with E-state index in [-0.39, 0.29) is 5.91 Å². The average molecular weight is 270 g/mol. The molecule has 0 saturated heterocycles. The Morgan fingerprint density at radius 1 is 1.15 bits per heavy atom. The van der Waals surface area contributed by atoms with Crippen LogP contribution >= 0.6 is 0 Å². The van der Waals surface area contributed by atoms with Gasteiger partial charge in [-0.1, -0.05) is 12.1 Å². The Hall–Kier alpha value is -2.49. The fourth-order valence-electron chi connectivity index (χ4n) is 1.97. The summed E-state index contributed by atoms with van der Waals surface area (Å²) >= 11 is 0. The molecule has 0 atom stereocenters. The van der Waals surface area contributed by atoms with Gasteiger partial charge in [-0.05, 0) is 49.2 Å². The van der Waals surface area contributed by atoms with E-state index < -0.39 is 0 Å². The number of benzene rings is 2. The van der Waals surface area contributed by atoms with Crippen molar-refractivity contribution in [3.63, 3.8) is 0 Å². The van der Waals surface area contributed by atoms with E-state index in [1.165, 1.54) is 12.7 Å². The Kier molecular flexibility index (Phi) is 3.94. The second-order valence-electron chi connectivity index (χ2n) is 4.68. The minimum absolute atomic E-state index is 0.275. The van der Waals surface area contributed by atoms with Crippen LogP contribution in [-0.4, -0.2) is 13.0 Å². The zero-order chi connectivity index (χ0) is 14.7. The molecular weight excluding hydrogens is 252 g/mol. The monoisotopic (exact) mass is 270 g/mol. The van der Waals surface area contributed by atoms with Crippen LogP contribution in [-0.2, 0) is 0 Å². The van der Waals surface area contributed by atoms with Crippen LogP contribution in [0, 0.1) is 13.8 Å². The Bertz CT molecular complexity index is 651. The molecule has 3 N–H and O–H groups in total. The second kappa shape index (κ2) is 5.65. The lowest BCUT2D eigenvalue weighted by Crippen LogP contribution is -2.15. The predicted octanol–water partition coefficient (Wildman–Crippen LogP) is 3.15. The van der Waals surface area contributed by atoms with E-state index in [4.69, 9.17) is 10.5 Å². The molecule has 0 aliphatic heterocycles. The Balaban J connectivity index is 2.30. The number of anilines is 2. The van der Waals surface area contributed by atoms with Crippen molar-refractivity contribution in [2.24, 2.45) is 0 Å². The normalized spacial score (nSPS) is 10.2. The fourth-order valence-corrected chi connectivity index (χ4v) is 1.97. The molecule has 4 nitrogen and oxygen atoms in total. The lowest BCUT2D eigenvalue weighted by Gasteiger charge is -2.12. The third-order valence-corrected chi connectivity index (χ3v) is 3.27. The third-order valence-electron chi connectivity index (χ3n) is 3.27. The number of hydrogen-bond donors (Lipinski definition) is 2. The summed E-state index contributed by atoms with van der Waals surface area (Å²) in [5, 5.41) is 2.84. The number of aryl methyl sites for hydroxylation is 2. The SMILES string of the molecule is COc1cccc(N)c1C(=O)Nc1ccc(C)c(C)c1. The Labute approximate surface area is 118 Å². The Morgan fingerprint density at radius 2 is 1.90 bits per heavy atom. The lowest BCUT2D eigenvalue weighted by molar-refractivity contribution is 0.102. The molecule has 4 heteroatoms. The van der Waals surface area contributed by atoms with E-state index in [1.54, 1.807) is 18.2 Å². The number of carbonyl (C=O) groups is 1. The first-order valence-corrected chi connectivity index (χ1v) is 6.34. The molecule has 0 aliphatic carbocycles. The van der Waals surface area contributed by atoms with Gasteiger partial charge >= 0.3 is 0 Å². The Morgan fingerprint density at radius 3 is 2.55 bits per heavy atom. The number of nitrogens with two attached hydrogens (primary N) is 1. The first kappa shape index (κ1) is 13.9. The highest BCUT2D eigenvalue weighted by Gasteiger charge is 2.15. The van der Waals surface area contributed by atoms with Crippen LogP contribution in [0.5, 0.6) is 5.75 Å². The van der Waals surface area contributed by atoms with Crippen molar-refractivity contribution in [3.8, 4) is 5.75 Å². The summed E-state index contributed by atoms with van der Waals surface area (Å²) in [5.74, 6) is 0.189. The fraction of sp³-hybridized carbons (Fsp3) is 0.188. The van der Waals surface area contributed by atoms with Crippen LogP contribution in [0.15, 0.2) is 36.4 Å². The van der Waals surface area contributed by atoms with Crippen LogP contribution in [0.2, 0.25) is 0 Å². The van der Waals surface area contributed by atoms with E-state index in [2.05, 4.69) is 5.32 Å². The minimum atomic E-state index is -0.275. The van der Waals surface area contributed by atoms with Crippen molar-refractivity contribution in [1.29, 1.82) is 0 Å². The van der Waals surface area contributed by atoms with Gasteiger partial charge in [0, 0.05) is 11.4 Å². The molecule has 2 rings (SSSR count). The van der Waals surface area contributed by atoms with Gasteiger partial charge in [0.15, 0.2) is 0 Å². The van der Waals surface area contributed by atoms with E-state index in [0.29, 0.717) is 17.0 Å². The molecule has 0 aliphatic rings. The third kappa shape index (κ3) is 2.74. The molecule has 0 fully saturated rings. The first-order valence-electron chi connectivity index (χ1n) is 6.34. The molecule has 104 valence electrons. The molecule has 0 unspecified atom stereocenters. The number of nitrogen functional groups attached to an aromatic ring is 1. The number of rotatable bonds is 3. The minimum Gasteiger partial charge on any atom is -0.496 e. The zero-order valence-electron chi connectivity index (χ0n) is 11.9. The molecule has 20 heavy (non-hydrogen) atoms. The van der Waals surface area contributed by atoms with Gasteiger partial charge in [-0.25, -0.2) is 0 Å². The molecule has 0 aromatic heterocycles. The largest absolute Gasteiger partial charge is 0.496 e. The molecule has 0 bridgehead atoms. The number of amides is 1. The van der Waals surface area contributed by atoms with Crippen LogP contribution in [0.4, 0.5) is 11.4 Å². The van der Waals surface area contributed by atoms with Gasteiger partial charge in [0.1, 0.15) is 11.3 Å². The highest BCUT2D eigenvalue weighted by molar-refractivity contribution is 6.09. The van der Waals surface area contributed by atoms with Gasteiger partial charge in [-0.15, -0.1) is 0 Å². The van der Waals surface area contributed by atoms with Gasteiger partial charge < -0.3 is 15.8 Å². The van der Waals surface area contributed by atoms with E-state index >= 15 is 0 Å². The zero-order valence-corrected chi connectivity index (χ0v) is 11.9. The maximum absolute atomic E-state index is 12.3. The summed E-state index contributed by atoms with van der Waals surface area (Å²) in [6.07, 6.45) is 0. The highest BCUT2D eigenvalue weighted by Crippen LogP contribution is 2.25. The van der Waals surface area contributed by atoms with Gasteiger partial charge in [-0.2, -0.15) is 0 Å². The molecule has 2 aromatic carbocycles.